The summed E-state index contributed by atoms with van der Waals surface area (Å²) in [4.78, 5) is 11.7. The molecular formula is C33H46O5. The van der Waals surface area contributed by atoms with E-state index in [1.54, 1.807) is 12.1 Å². The van der Waals surface area contributed by atoms with E-state index in [4.69, 9.17) is 4.42 Å². The van der Waals surface area contributed by atoms with Gasteiger partial charge in [-0.3, -0.25) is 0 Å². The van der Waals surface area contributed by atoms with Gasteiger partial charge in [0, 0.05) is 11.8 Å². The van der Waals surface area contributed by atoms with Crippen molar-refractivity contribution in [2.45, 2.75) is 97.7 Å². The minimum absolute atomic E-state index is 0.204. The summed E-state index contributed by atoms with van der Waals surface area (Å²) in [6.45, 7) is 9.60. The van der Waals surface area contributed by atoms with Crippen LogP contribution >= 0.6 is 0 Å². The van der Waals surface area contributed by atoms with Crippen molar-refractivity contribution in [3.05, 3.63) is 35.6 Å². The van der Waals surface area contributed by atoms with Crippen LogP contribution in [0.15, 0.2) is 28.7 Å². The summed E-state index contributed by atoms with van der Waals surface area (Å²) >= 11 is 0. The van der Waals surface area contributed by atoms with Gasteiger partial charge in [0.1, 0.15) is 11.3 Å². The number of aromatic carboxylic acids is 1. The van der Waals surface area contributed by atoms with Crippen molar-refractivity contribution in [2.24, 2.45) is 52.3 Å². The Morgan fingerprint density at radius 3 is 2.53 bits per heavy atom. The SMILES string of the molecule is CC[C@H]1[C@@H](O)C2C3CC[C@H]([C@H](C)Cc4cc5c(C(=O)O)cccc5o4)C3(C)CCC2C2(C)CC[C@@H](O)C[C@@H]12. The third kappa shape index (κ3) is 3.82. The van der Waals surface area contributed by atoms with E-state index in [0.29, 0.717) is 52.0 Å². The van der Waals surface area contributed by atoms with Crippen molar-refractivity contribution in [1.29, 1.82) is 0 Å². The molecule has 1 heterocycles. The topological polar surface area (TPSA) is 90.9 Å². The number of hydrogen-bond donors (Lipinski definition) is 3. The molecule has 4 saturated carbocycles. The van der Waals surface area contributed by atoms with E-state index in [1.165, 1.54) is 25.7 Å². The Morgan fingerprint density at radius 1 is 1.05 bits per heavy atom. The van der Waals surface area contributed by atoms with Crippen LogP contribution in [0.2, 0.25) is 0 Å². The highest BCUT2D eigenvalue weighted by molar-refractivity contribution is 6.02. The van der Waals surface area contributed by atoms with Crippen molar-refractivity contribution in [3.8, 4) is 0 Å². The molecule has 1 aromatic carbocycles. The lowest BCUT2D eigenvalue weighted by molar-refractivity contribution is -0.203. The molecule has 4 aliphatic carbocycles. The number of furan rings is 1. The van der Waals surface area contributed by atoms with Gasteiger partial charge in [0.25, 0.3) is 0 Å². The maximum atomic E-state index is 11.9. The number of fused-ring (bicyclic) bond motifs is 6. The van der Waals surface area contributed by atoms with Crippen LogP contribution in [0.1, 0.15) is 95.2 Å². The van der Waals surface area contributed by atoms with Gasteiger partial charge in [-0.2, -0.15) is 0 Å². The molecule has 5 nitrogen and oxygen atoms in total. The number of carbonyl (C=O) groups is 1. The highest BCUT2D eigenvalue weighted by Gasteiger charge is 2.64. The molecular weight excluding hydrogens is 476 g/mol. The molecule has 4 fully saturated rings. The zero-order valence-electron chi connectivity index (χ0n) is 23.5. The predicted molar refractivity (Wildman–Crippen MR) is 148 cm³/mol. The van der Waals surface area contributed by atoms with Gasteiger partial charge in [-0.05, 0) is 115 Å². The molecule has 0 spiro atoms. The van der Waals surface area contributed by atoms with E-state index in [9.17, 15) is 20.1 Å². The Bertz CT molecular complexity index is 1200. The lowest BCUT2D eigenvalue weighted by atomic mass is 9.41. The molecule has 208 valence electrons. The monoisotopic (exact) mass is 522 g/mol. The second kappa shape index (κ2) is 9.37. The molecule has 5 heteroatoms. The predicted octanol–water partition coefficient (Wildman–Crippen LogP) is 6.94. The zero-order valence-corrected chi connectivity index (χ0v) is 23.5. The average Bonchev–Trinajstić information content (AvgIpc) is 3.45. The van der Waals surface area contributed by atoms with Crippen molar-refractivity contribution in [2.75, 3.05) is 0 Å². The molecule has 1 aromatic heterocycles. The maximum Gasteiger partial charge on any atom is 0.336 e. The molecule has 0 bridgehead atoms. The van der Waals surface area contributed by atoms with Crippen molar-refractivity contribution in [1.82, 2.24) is 0 Å². The first-order chi connectivity index (χ1) is 18.1. The molecule has 5 unspecified atom stereocenters. The molecule has 0 radical (unpaired) electrons. The molecule has 3 N–H and O–H groups in total. The molecule has 2 aromatic rings. The molecule has 0 amide bonds. The van der Waals surface area contributed by atoms with Gasteiger partial charge in [-0.25, -0.2) is 4.79 Å². The Morgan fingerprint density at radius 2 is 1.79 bits per heavy atom. The Kier molecular flexibility index (Phi) is 6.50. The summed E-state index contributed by atoms with van der Waals surface area (Å²) in [7, 11) is 0. The molecule has 4 aliphatic rings. The van der Waals surface area contributed by atoms with Crippen molar-refractivity contribution >= 4 is 16.9 Å². The second-order valence-corrected chi connectivity index (χ2v) is 14.0. The summed E-state index contributed by atoms with van der Waals surface area (Å²) in [6.07, 6.45) is 8.97. The van der Waals surface area contributed by atoms with Gasteiger partial charge in [-0.15, -0.1) is 0 Å². The number of rotatable bonds is 5. The standard InChI is InChI=1S/C33H46O5/c1-5-21-27-16-19(34)11-13-33(27,4)26-12-14-32(3)24(9-10-25(32)29(26)30(21)35)18(2)15-20-17-23-22(31(36)37)7-6-8-28(23)38-20/h6-8,17-19,21,24-27,29-30,34-35H,5,9-16H2,1-4H3,(H,36,37)/t18-,19-,21-,24-,25?,26?,27+,29?,30-,32?,33?/m1/s1. The van der Waals surface area contributed by atoms with Gasteiger partial charge < -0.3 is 19.7 Å². The van der Waals surface area contributed by atoms with Crippen molar-refractivity contribution < 1.29 is 24.5 Å². The van der Waals surface area contributed by atoms with Gasteiger partial charge >= 0.3 is 5.97 Å². The average molecular weight is 523 g/mol. The Hall–Kier alpha value is -1.85. The summed E-state index contributed by atoms with van der Waals surface area (Å²) in [6, 6.07) is 7.19. The minimum atomic E-state index is -0.918. The molecule has 11 atom stereocenters. The quantitative estimate of drug-likeness (QED) is 0.396. The molecule has 38 heavy (non-hydrogen) atoms. The molecule has 6 rings (SSSR count). The van der Waals surface area contributed by atoms with Crippen LogP contribution in [0.5, 0.6) is 0 Å². The second-order valence-electron chi connectivity index (χ2n) is 14.0. The number of benzene rings is 1. The summed E-state index contributed by atoms with van der Waals surface area (Å²) in [5, 5.41) is 32.7. The smallest absolute Gasteiger partial charge is 0.336 e. The number of carboxylic acids is 1. The number of aliphatic hydroxyl groups is 2. The first-order valence-corrected chi connectivity index (χ1v) is 15.2. The first kappa shape index (κ1) is 26.4. The number of hydrogen-bond acceptors (Lipinski definition) is 4. The van der Waals surface area contributed by atoms with Crippen LogP contribution in [0.3, 0.4) is 0 Å². The fourth-order valence-corrected chi connectivity index (χ4v) is 10.8. The van der Waals surface area contributed by atoms with E-state index in [2.05, 4.69) is 27.7 Å². The zero-order chi connectivity index (χ0) is 27.0. The highest BCUT2D eigenvalue weighted by Crippen LogP contribution is 2.69. The van der Waals surface area contributed by atoms with Gasteiger partial charge in [0.05, 0.1) is 17.8 Å². The van der Waals surface area contributed by atoms with Gasteiger partial charge in [0.2, 0.25) is 0 Å². The fourth-order valence-electron chi connectivity index (χ4n) is 10.8. The summed E-state index contributed by atoms with van der Waals surface area (Å²) in [5.41, 5.74) is 1.38. The van der Waals surface area contributed by atoms with E-state index < -0.39 is 5.97 Å². The van der Waals surface area contributed by atoms with Crippen LogP contribution in [-0.2, 0) is 6.42 Å². The third-order valence-corrected chi connectivity index (χ3v) is 12.5. The van der Waals surface area contributed by atoms with E-state index in [1.807, 2.05) is 12.1 Å². The lowest BCUT2D eigenvalue weighted by Gasteiger charge is -2.64. The van der Waals surface area contributed by atoms with Crippen LogP contribution in [-0.4, -0.2) is 33.5 Å². The van der Waals surface area contributed by atoms with Gasteiger partial charge in [-0.1, -0.05) is 40.2 Å². The van der Waals surface area contributed by atoms with E-state index in [0.717, 1.165) is 37.9 Å². The Balaban J connectivity index is 1.26. The highest BCUT2D eigenvalue weighted by atomic mass is 16.4. The van der Waals surface area contributed by atoms with Crippen LogP contribution in [0.25, 0.3) is 11.0 Å². The maximum absolute atomic E-state index is 11.9. The van der Waals surface area contributed by atoms with Crippen LogP contribution in [0.4, 0.5) is 0 Å². The first-order valence-electron chi connectivity index (χ1n) is 15.2. The van der Waals surface area contributed by atoms with E-state index >= 15 is 0 Å². The molecule has 0 saturated heterocycles. The fraction of sp³-hybridized carbons (Fsp3) is 0.727. The molecule has 0 aliphatic heterocycles. The van der Waals surface area contributed by atoms with Crippen molar-refractivity contribution in [3.63, 3.8) is 0 Å². The number of aliphatic hydroxyl groups excluding tert-OH is 2. The number of carboxylic acid groups (broad SMARTS) is 1. The Labute approximate surface area is 227 Å². The third-order valence-electron chi connectivity index (χ3n) is 12.5. The lowest BCUT2D eigenvalue weighted by Crippen LogP contribution is -2.62. The van der Waals surface area contributed by atoms with Crippen LogP contribution in [0, 0.1) is 52.3 Å². The summed E-state index contributed by atoms with van der Waals surface area (Å²) in [5.74, 6) is 3.10. The summed E-state index contributed by atoms with van der Waals surface area (Å²) < 4.78 is 6.15. The normalized spacial score (nSPS) is 43.3. The van der Waals surface area contributed by atoms with Crippen LogP contribution < -0.4 is 0 Å². The minimum Gasteiger partial charge on any atom is -0.478 e. The van der Waals surface area contributed by atoms with Gasteiger partial charge in [0.15, 0.2) is 0 Å². The van der Waals surface area contributed by atoms with E-state index in [-0.39, 0.29) is 29.0 Å². The largest absolute Gasteiger partial charge is 0.478 e.